The molecule has 5 heteroatoms. The van der Waals surface area contributed by atoms with E-state index < -0.39 is 0 Å². The maximum atomic E-state index is 11.6. The van der Waals surface area contributed by atoms with Gasteiger partial charge >= 0.3 is 0 Å². The highest BCUT2D eigenvalue weighted by Gasteiger charge is 2.06. The van der Waals surface area contributed by atoms with Crippen molar-refractivity contribution in [1.29, 1.82) is 0 Å². The van der Waals surface area contributed by atoms with E-state index in [1.54, 1.807) is 30.7 Å². The third kappa shape index (κ3) is 1.17. The Bertz CT molecular complexity index is 649. The summed E-state index contributed by atoms with van der Waals surface area (Å²) in [7, 11) is 0. The van der Waals surface area contributed by atoms with Crippen LogP contribution in [0.25, 0.3) is 17.1 Å². The van der Waals surface area contributed by atoms with E-state index in [1.165, 1.54) is 10.6 Å². The quantitative estimate of drug-likeness (QED) is 0.645. The molecular formula is C10H7N3O2. The molecule has 0 aliphatic heterocycles. The number of aromatic amines is 1. The minimum atomic E-state index is -0.156. The van der Waals surface area contributed by atoms with Crippen LogP contribution in [0, 0.1) is 0 Å². The molecule has 0 aliphatic rings. The zero-order valence-corrected chi connectivity index (χ0v) is 7.68. The van der Waals surface area contributed by atoms with Gasteiger partial charge in [0.2, 0.25) is 0 Å². The van der Waals surface area contributed by atoms with Crippen LogP contribution in [0.4, 0.5) is 0 Å². The summed E-state index contributed by atoms with van der Waals surface area (Å²) in [4.78, 5) is 15.9. The fourth-order valence-corrected chi connectivity index (χ4v) is 1.48. The van der Waals surface area contributed by atoms with Gasteiger partial charge in [0.05, 0.1) is 6.26 Å². The van der Waals surface area contributed by atoms with Crippen LogP contribution in [-0.4, -0.2) is 14.6 Å². The number of nitrogens with one attached hydrogen (secondary N) is 1. The summed E-state index contributed by atoms with van der Waals surface area (Å²) >= 11 is 0. The second-order valence-corrected chi connectivity index (χ2v) is 3.11. The summed E-state index contributed by atoms with van der Waals surface area (Å²) in [5.74, 6) is 0.593. The summed E-state index contributed by atoms with van der Waals surface area (Å²) in [6.07, 6.45) is 3.21. The van der Waals surface area contributed by atoms with Gasteiger partial charge in [-0.15, -0.1) is 0 Å². The average molecular weight is 201 g/mol. The van der Waals surface area contributed by atoms with Crippen LogP contribution in [0.3, 0.4) is 0 Å². The molecule has 0 fully saturated rings. The molecule has 0 aliphatic carbocycles. The van der Waals surface area contributed by atoms with Crippen LogP contribution in [-0.2, 0) is 0 Å². The second kappa shape index (κ2) is 2.84. The lowest BCUT2D eigenvalue weighted by atomic mass is 10.3. The predicted molar refractivity (Wildman–Crippen MR) is 53.5 cm³/mol. The van der Waals surface area contributed by atoms with Crippen molar-refractivity contribution in [2.45, 2.75) is 0 Å². The number of fused-ring (bicyclic) bond motifs is 1. The van der Waals surface area contributed by atoms with Crippen molar-refractivity contribution in [1.82, 2.24) is 14.6 Å². The Labute approximate surface area is 84.0 Å². The van der Waals surface area contributed by atoms with Crippen molar-refractivity contribution >= 4 is 5.65 Å². The molecule has 0 amide bonds. The Kier molecular flexibility index (Phi) is 1.53. The summed E-state index contributed by atoms with van der Waals surface area (Å²) in [5, 5.41) is 2.77. The maximum Gasteiger partial charge on any atom is 0.273 e. The van der Waals surface area contributed by atoms with E-state index in [-0.39, 0.29) is 5.56 Å². The summed E-state index contributed by atoms with van der Waals surface area (Å²) < 4.78 is 6.55. The first kappa shape index (κ1) is 8.05. The Morgan fingerprint density at radius 2 is 2.33 bits per heavy atom. The molecule has 0 saturated carbocycles. The summed E-state index contributed by atoms with van der Waals surface area (Å²) in [6.45, 7) is 0. The molecule has 3 aromatic heterocycles. The maximum absolute atomic E-state index is 11.6. The minimum Gasteiger partial charge on any atom is -0.463 e. The normalized spacial score (nSPS) is 10.9. The van der Waals surface area contributed by atoms with Gasteiger partial charge in [0.25, 0.3) is 5.56 Å². The zero-order chi connectivity index (χ0) is 10.3. The monoisotopic (exact) mass is 201 g/mol. The number of aromatic nitrogens is 3. The minimum absolute atomic E-state index is 0.156. The Morgan fingerprint density at radius 3 is 3.13 bits per heavy atom. The van der Waals surface area contributed by atoms with E-state index >= 15 is 0 Å². The Morgan fingerprint density at radius 1 is 1.40 bits per heavy atom. The molecule has 5 nitrogen and oxygen atoms in total. The van der Waals surface area contributed by atoms with E-state index in [0.717, 1.165) is 0 Å². The van der Waals surface area contributed by atoms with E-state index in [0.29, 0.717) is 17.1 Å². The fraction of sp³-hybridized carbons (Fsp3) is 0. The van der Waals surface area contributed by atoms with Crippen molar-refractivity contribution < 1.29 is 4.42 Å². The number of rotatable bonds is 1. The van der Waals surface area contributed by atoms with Crippen molar-refractivity contribution in [2.24, 2.45) is 0 Å². The van der Waals surface area contributed by atoms with E-state index in [9.17, 15) is 4.79 Å². The van der Waals surface area contributed by atoms with E-state index in [2.05, 4.69) is 10.1 Å². The molecule has 0 bridgehead atoms. The molecular weight excluding hydrogens is 194 g/mol. The number of H-pyrrole nitrogens is 1. The third-order valence-corrected chi connectivity index (χ3v) is 2.15. The van der Waals surface area contributed by atoms with Gasteiger partial charge < -0.3 is 4.42 Å². The van der Waals surface area contributed by atoms with Crippen molar-refractivity contribution in [3.05, 3.63) is 47.1 Å². The van der Waals surface area contributed by atoms with E-state index in [1.807, 2.05) is 0 Å². The zero-order valence-electron chi connectivity index (χ0n) is 7.68. The summed E-state index contributed by atoms with van der Waals surface area (Å²) in [6, 6.07) is 6.69. The van der Waals surface area contributed by atoms with Gasteiger partial charge in [-0.2, -0.15) is 0 Å². The van der Waals surface area contributed by atoms with Crippen LogP contribution in [0.1, 0.15) is 0 Å². The molecule has 0 aromatic carbocycles. The first-order valence-electron chi connectivity index (χ1n) is 4.46. The van der Waals surface area contributed by atoms with Gasteiger partial charge in [0.15, 0.2) is 11.4 Å². The second-order valence-electron chi connectivity index (χ2n) is 3.11. The molecule has 0 radical (unpaired) electrons. The topological polar surface area (TPSA) is 63.3 Å². The lowest BCUT2D eigenvalue weighted by Crippen LogP contribution is -2.13. The first-order valence-corrected chi connectivity index (χ1v) is 4.46. The highest BCUT2D eigenvalue weighted by molar-refractivity contribution is 5.55. The SMILES string of the molecule is O=c1cc(-c2ccco2)nc2cc[nH]n12. The van der Waals surface area contributed by atoms with Gasteiger partial charge in [-0.05, 0) is 12.1 Å². The lowest BCUT2D eigenvalue weighted by molar-refractivity contribution is 0.580. The predicted octanol–water partition coefficient (Wildman–Crippen LogP) is 1.28. The molecule has 15 heavy (non-hydrogen) atoms. The van der Waals surface area contributed by atoms with Crippen molar-refractivity contribution in [3.8, 4) is 11.5 Å². The molecule has 0 atom stereocenters. The van der Waals surface area contributed by atoms with Crippen molar-refractivity contribution in [2.75, 3.05) is 0 Å². The fourth-order valence-electron chi connectivity index (χ4n) is 1.48. The first-order chi connectivity index (χ1) is 7.34. The van der Waals surface area contributed by atoms with Crippen LogP contribution in [0.5, 0.6) is 0 Å². The number of hydrogen-bond acceptors (Lipinski definition) is 3. The van der Waals surface area contributed by atoms with Gasteiger partial charge in [-0.1, -0.05) is 0 Å². The smallest absolute Gasteiger partial charge is 0.273 e. The van der Waals surface area contributed by atoms with Crippen LogP contribution < -0.4 is 5.56 Å². The van der Waals surface area contributed by atoms with Crippen LogP contribution >= 0.6 is 0 Å². The average Bonchev–Trinajstić information content (AvgIpc) is 2.88. The highest BCUT2D eigenvalue weighted by Crippen LogP contribution is 2.15. The standard InChI is InChI=1S/C10H7N3O2/c14-10-6-7(8-2-1-5-15-8)12-9-3-4-11-13(9)10/h1-6,11H. The van der Waals surface area contributed by atoms with Gasteiger partial charge in [0.1, 0.15) is 5.69 Å². The molecule has 0 spiro atoms. The Balaban J connectivity index is 2.34. The van der Waals surface area contributed by atoms with Gasteiger partial charge in [0, 0.05) is 18.3 Å². The number of nitrogens with zero attached hydrogens (tertiary/aromatic N) is 2. The molecule has 0 unspecified atom stereocenters. The molecule has 3 heterocycles. The lowest BCUT2D eigenvalue weighted by Gasteiger charge is -1.96. The number of furan rings is 1. The van der Waals surface area contributed by atoms with Crippen molar-refractivity contribution in [3.63, 3.8) is 0 Å². The molecule has 3 rings (SSSR count). The molecule has 3 aromatic rings. The third-order valence-electron chi connectivity index (χ3n) is 2.15. The van der Waals surface area contributed by atoms with Crippen LogP contribution in [0.2, 0.25) is 0 Å². The Hall–Kier alpha value is -2.30. The summed E-state index contributed by atoms with van der Waals surface area (Å²) in [5.41, 5.74) is 0.968. The largest absolute Gasteiger partial charge is 0.463 e. The van der Waals surface area contributed by atoms with Crippen LogP contribution in [0.15, 0.2) is 45.9 Å². The number of hydrogen-bond donors (Lipinski definition) is 1. The highest BCUT2D eigenvalue weighted by atomic mass is 16.3. The molecule has 0 saturated heterocycles. The van der Waals surface area contributed by atoms with Gasteiger partial charge in [-0.3, -0.25) is 9.89 Å². The van der Waals surface area contributed by atoms with E-state index in [4.69, 9.17) is 4.42 Å². The molecule has 74 valence electrons. The molecule has 1 N–H and O–H groups in total. The van der Waals surface area contributed by atoms with Gasteiger partial charge in [-0.25, -0.2) is 9.50 Å².